The quantitative estimate of drug-likeness (QED) is 0.816. The zero-order chi connectivity index (χ0) is 13.8. The normalized spacial score (nSPS) is 22.6. The number of fused-ring (bicyclic) bond motifs is 1. The van der Waals surface area contributed by atoms with Gasteiger partial charge in [0.1, 0.15) is 0 Å². The van der Waals surface area contributed by atoms with E-state index >= 15 is 0 Å². The average Bonchev–Trinajstić information content (AvgIpc) is 3.08. The Labute approximate surface area is 125 Å². The van der Waals surface area contributed by atoms with Gasteiger partial charge in [-0.05, 0) is 48.2 Å². The van der Waals surface area contributed by atoms with Gasteiger partial charge in [0, 0.05) is 23.3 Å². The molecule has 1 aromatic carbocycles. The van der Waals surface area contributed by atoms with Crippen LogP contribution in [0.3, 0.4) is 0 Å². The average molecular weight is 289 g/mol. The summed E-state index contributed by atoms with van der Waals surface area (Å²) in [7, 11) is 0. The van der Waals surface area contributed by atoms with Crippen LogP contribution in [0.15, 0.2) is 29.6 Å². The van der Waals surface area contributed by atoms with Crippen molar-refractivity contribution in [3.63, 3.8) is 0 Å². The maximum Gasteiger partial charge on any atom is 0.0538 e. The number of thiophene rings is 1. The van der Waals surface area contributed by atoms with Crippen LogP contribution >= 0.6 is 11.3 Å². The predicted octanol–water partition coefficient (Wildman–Crippen LogP) is 3.85. The number of hydrogen-bond acceptors (Lipinski definition) is 3. The highest BCUT2D eigenvalue weighted by molar-refractivity contribution is 7.17. The first kappa shape index (κ1) is 14.1. The lowest BCUT2D eigenvalue weighted by molar-refractivity contribution is 0.149. The molecule has 20 heavy (non-hydrogen) atoms. The van der Waals surface area contributed by atoms with Gasteiger partial charge in [-0.1, -0.05) is 25.1 Å². The van der Waals surface area contributed by atoms with E-state index in [-0.39, 0.29) is 0 Å². The van der Waals surface area contributed by atoms with Gasteiger partial charge in [0.25, 0.3) is 0 Å². The van der Waals surface area contributed by atoms with E-state index in [0.29, 0.717) is 5.41 Å². The number of hydrogen-bond donors (Lipinski definition) is 1. The summed E-state index contributed by atoms with van der Waals surface area (Å²) >= 11 is 1.86. The molecule has 2 nitrogen and oxygen atoms in total. The lowest BCUT2D eigenvalue weighted by Gasteiger charge is -2.27. The Hall–Kier alpha value is -0.900. The Balaban J connectivity index is 1.79. The molecule has 1 saturated heterocycles. The first-order valence-electron chi connectivity index (χ1n) is 7.57. The van der Waals surface area contributed by atoms with Crippen molar-refractivity contribution >= 4 is 21.4 Å². The van der Waals surface area contributed by atoms with Gasteiger partial charge in [-0.3, -0.25) is 0 Å². The molecule has 0 bridgehead atoms. The van der Waals surface area contributed by atoms with Crippen LogP contribution in [0.1, 0.15) is 25.3 Å². The van der Waals surface area contributed by atoms with Crippen molar-refractivity contribution < 1.29 is 4.74 Å². The van der Waals surface area contributed by atoms with E-state index in [1.165, 1.54) is 28.5 Å². The predicted molar refractivity (Wildman–Crippen MR) is 86.6 cm³/mol. The summed E-state index contributed by atoms with van der Waals surface area (Å²) in [4.78, 5) is 0. The van der Waals surface area contributed by atoms with Crippen LogP contribution in [-0.2, 0) is 11.2 Å². The molecule has 1 aliphatic rings. The van der Waals surface area contributed by atoms with Gasteiger partial charge in [-0.2, -0.15) is 0 Å². The standard InChI is InChI=1S/C17H23NOS/c1-2-8-18-12-17(7-9-19-13-17)10-14-11-20-16-6-4-3-5-15(14)16/h3-6,11,18H,2,7-10,12-13H2,1H3. The second-order valence-electron chi connectivity index (χ2n) is 5.91. The topological polar surface area (TPSA) is 21.3 Å². The monoisotopic (exact) mass is 289 g/mol. The van der Waals surface area contributed by atoms with Crippen molar-refractivity contribution in [1.29, 1.82) is 0 Å². The van der Waals surface area contributed by atoms with E-state index in [1.54, 1.807) is 0 Å². The number of rotatable bonds is 6. The molecule has 0 radical (unpaired) electrons. The third-order valence-electron chi connectivity index (χ3n) is 4.24. The molecule has 0 amide bonds. The van der Waals surface area contributed by atoms with Gasteiger partial charge in [-0.25, -0.2) is 0 Å². The fourth-order valence-electron chi connectivity index (χ4n) is 3.09. The molecule has 1 unspecified atom stereocenters. The number of nitrogens with one attached hydrogen (secondary N) is 1. The largest absolute Gasteiger partial charge is 0.381 e. The lowest BCUT2D eigenvalue weighted by Crippen LogP contribution is -2.37. The van der Waals surface area contributed by atoms with Gasteiger partial charge >= 0.3 is 0 Å². The molecule has 0 saturated carbocycles. The first-order chi connectivity index (χ1) is 9.83. The third kappa shape index (κ3) is 2.90. The van der Waals surface area contributed by atoms with Crippen molar-refractivity contribution in [1.82, 2.24) is 5.32 Å². The highest BCUT2D eigenvalue weighted by Gasteiger charge is 2.35. The van der Waals surface area contributed by atoms with Gasteiger partial charge in [0.05, 0.1) is 6.61 Å². The smallest absolute Gasteiger partial charge is 0.0538 e. The summed E-state index contributed by atoms with van der Waals surface area (Å²) in [6, 6.07) is 8.74. The van der Waals surface area contributed by atoms with Gasteiger partial charge in [0.15, 0.2) is 0 Å². The van der Waals surface area contributed by atoms with Crippen LogP contribution in [-0.4, -0.2) is 26.3 Å². The Morgan fingerprint density at radius 3 is 3.05 bits per heavy atom. The first-order valence-corrected chi connectivity index (χ1v) is 8.44. The van der Waals surface area contributed by atoms with Crippen LogP contribution in [0.2, 0.25) is 0 Å². The minimum atomic E-state index is 0.291. The third-order valence-corrected chi connectivity index (χ3v) is 5.25. The van der Waals surface area contributed by atoms with Crippen LogP contribution in [0, 0.1) is 5.41 Å². The van der Waals surface area contributed by atoms with Crippen molar-refractivity contribution in [2.24, 2.45) is 5.41 Å². The molecule has 3 heteroatoms. The van der Waals surface area contributed by atoms with Crippen LogP contribution in [0.4, 0.5) is 0 Å². The highest BCUT2D eigenvalue weighted by Crippen LogP contribution is 2.36. The number of benzene rings is 1. The molecule has 2 aromatic rings. The molecule has 1 fully saturated rings. The molecule has 108 valence electrons. The SMILES string of the molecule is CCCNCC1(Cc2csc3ccccc23)CCOC1. The lowest BCUT2D eigenvalue weighted by atomic mass is 9.80. The van der Waals surface area contributed by atoms with Gasteiger partial charge in [0.2, 0.25) is 0 Å². The van der Waals surface area contributed by atoms with Crippen molar-refractivity contribution in [3.05, 3.63) is 35.2 Å². The molecular formula is C17H23NOS. The Morgan fingerprint density at radius 2 is 2.25 bits per heavy atom. The molecule has 1 aliphatic heterocycles. The maximum absolute atomic E-state index is 5.72. The zero-order valence-corrected chi connectivity index (χ0v) is 13.0. The molecule has 1 atom stereocenters. The van der Waals surface area contributed by atoms with E-state index in [1.807, 2.05) is 11.3 Å². The second kappa shape index (κ2) is 6.25. The molecule has 2 heterocycles. The van der Waals surface area contributed by atoms with E-state index < -0.39 is 0 Å². The van der Waals surface area contributed by atoms with E-state index in [9.17, 15) is 0 Å². The van der Waals surface area contributed by atoms with Crippen LogP contribution in [0.5, 0.6) is 0 Å². The Bertz CT molecular complexity index is 557. The Kier molecular flexibility index (Phi) is 4.39. The molecular weight excluding hydrogens is 266 g/mol. The van der Waals surface area contributed by atoms with E-state index in [4.69, 9.17) is 4.74 Å². The maximum atomic E-state index is 5.72. The fourth-order valence-corrected chi connectivity index (χ4v) is 4.06. The van der Waals surface area contributed by atoms with Crippen molar-refractivity contribution in [2.75, 3.05) is 26.3 Å². The van der Waals surface area contributed by atoms with Gasteiger partial charge in [-0.15, -0.1) is 11.3 Å². The van der Waals surface area contributed by atoms with Crippen LogP contribution < -0.4 is 5.32 Å². The van der Waals surface area contributed by atoms with Gasteiger partial charge < -0.3 is 10.1 Å². The summed E-state index contributed by atoms with van der Waals surface area (Å²) in [6.07, 6.45) is 3.50. The van der Waals surface area contributed by atoms with Crippen LogP contribution in [0.25, 0.3) is 10.1 Å². The second-order valence-corrected chi connectivity index (χ2v) is 6.82. The molecule has 3 rings (SSSR count). The van der Waals surface area contributed by atoms with E-state index in [2.05, 4.69) is 41.9 Å². The van der Waals surface area contributed by atoms with E-state index in [0.717, 1.165) is 32.7 Å². The molecule has 0 aliphatic carbocycles. The Morgan fingerprint density at radius 1 is 1.35 bits per heavy atom. The summed E-state index contributed by atoms with van der Waals surface area (Å²) in [5.41, 5.74) is 1.79. The number of ether oxygens (including phenoxy) is 1. The molecule has 1 aromatic heterocycles. The zero-order valence-electron chi connectivity index (χ0n) is 12.2. The summed E-state index contributed by atoms with van der Waals surface area (Å²) in [5, 5.41) is 7.37. The summed E-state index contributed by atoms with van der Waals surface area (Å²) < 4.78 is 7.12. The minimum Gasteiger partial charge on any atom is -0.381 e. The minimum absolute atomic E-state index is 0.291. The van der Waals surface area contributed by atoms with Crippen molar-refractivity contribution in [3.8, 4) is 0 Å². The molecule has 0 spiro atoms. The fraction of sp³-hybridized carbons (Fsp3) is 0.529. The van der Waals surface area contributed by atoms with Crippen molar-refractivity contribution in [2.45, 2.75) is 26.2 Å². The highest BCUT2D eigenvalue weighted by atomic mass is 32.1. The molecule has 1 N–H and O–H groups in total. The summed E-state index contributed by atoms with van der Waals surface area (Å²) in [5.74, 6) is 0. The summed E-state index contributed by atoms with van der Waals surface area (Å²) in [6.45, 7) is 6.21.